The fourth-order valence-electron chi connectivity index (χ4n) is 3.67. The van der Waals surface area contributed by atoms with Crippen molar-refractivity contribution < 1.29 is 19.4 Å². The number of para-hydroxylation sites is 1. The number of nitrogens with one attached hydrogen (secondary N) is 1. The number of rotatable bonds is 9. The molecule has 0 atom stereocenters. The number of ether oxygens (including phenoxy) is 1. The first kappa shape index (κ1) is 22.8. The molecule has 174 valence electrons. The van der Waals surface area contributed by atoms with Crippen molar-refractivity contribution in [1.29, 1.82) is 0 Å². The second-order valence-electron chi connectivity index (χ2n) is 7.72. The average Bonchev–Trinajstić information content (AvgIpc) is 3.42. The molecule has 2 aromatic heterocycles. The van der Waals surface area contributed by atoms with Crippen LogP contribution in [-0.4, -0.2) is 36.5 Å². The van der Waals surface area contributed by atoms with E-state index < -0.39 is 5.97 Å². The average molecular weight is 460 g/mol. The number of aromatic nitrogens is 4. The van der Waals surface area contributed by atoms with Crippen molar-refractivity contribution in [2.24, 2.45) is 0 Å². The van der Waals surface area contributed by atoms with Crippen LogP contribution in [0.5, 0.6) is 5.75 Å². The number of nitrogens with zero attached hydrogens (tertiary/aromatic N) is 4. The molecule has 0 aliphatic carbocycles. The Balaban J connectivity index is 1.49. The van der Waals surface area contributed by atoms with Gasteiger partial charge in [0, 0.05) is 11.8 Å². The summed E-state index contributed by atoms with van der Waals surface area (Å²) in [5, 5.41) is 20.4. The first-order valence-electron chi connectivity index (χ1n) is 10.8. The number of aryl methyl sites for hydroxylation is 2. The third-order valence-electron chi connectivity index (χ3n) is 5.42. The Labute approximate surface area is 196 Å². The van der Waals surface area contributed by atoms with E-state index in [1.54, 1.807) is 17.7 Å². The Morgan fingerprint density at radius 2 is 1.74 bits per heavy atom. The maximum absolute atomic E-state index is 12.8. The molecule has 0 aliphatic rings. The van der Waals surface area contributed by atoms with E-state index >= 15 is 0 Å². The van der Waals surface area contributed by atoms with E-state index in [4.69, 9.17) is 9.84 Å². The SMILES string of the molecule is Cc1nn(COc2ccccc2-c2ccccc2)c(C)c1NC(=O)c1ccnn1CCC(=O)O. The third-order valence-corrected chi connectivity index (χ3v) is 5.42. The first-order chi connectivity index (χ1) is 16.4. The fraction of sp³-hybridized carbons (Fsp3) is 0.200. The van der Waals surface area contributed by atoms with Gasteiger partial charge in [0.25, 0.3) is 5.91 Å². The van der Waals surface area contributed by atoms with E-state index in [0.29, 0.717) is 11.4 Å². The van der Waals surface area contributed by atoms with Gasteiger partial charge in [-0.05, 0) is 31.5 Å². The van der Waals surface area contributed by atoms with Crippen molar-refractivity contribution in [2.45, 2.75) is 33.5 Å². The molecule has 1 amide bonds. The molecule has 0 spiro atoms. The molecule has 0 saturated heterocycles. The number of hydrogen-bond donors (Lipinski definition) is 2. The van der Waals surface area contributed by atoms with Crippen LogP contribution in [-0.2, 0) is 18.1 Å². The third kappa shape index (κ3) is 4.98. The highest BCUT2D eigenvalue weighted by atomic mass is 16.5. The summed E-state index contributed by atoms with van der Waals surface area (Å²) in [4.78, 5) is 23.7. The lowest BCUT2D eigenvalue weighted by molar-refractivity contribution is -0.137. The van der Waals surface area contributed by atoms with Gasteiger partial charge in [-0.15, -0.1) is 0 Å². The predicted molar refractivity (Wildman–Crippen MR) is 127 cm³/mol. The number of carboxylic acids is 1. The highest BCUT2D eigenvalue weighted by Gasteiger charge is 2.19. The van der Waals surface area contributed by atoms with Crippen LogP contribution in [0.15, 0.2) is 66.9 Å². The number of carbonyl (C=O) groups excluding carboxylic acids is 1. The molecule has 0 saturated carbocycles. The smallest absolute Gasteiger partial charge is 0.305 e. The van der Waals surface area contributed by atoms with Gasteiger partial charge in [-0.2, -0.15) is 10.2 Å². The second-order valence-corrected chi connectivity index (χ2v) is 7.72. The molecule has 0 unspecified atom stereocenters. The van der Waals surface area contributed by atoms with E-state index in [1.807, 2.05) is 61.5 Å². The quantitative estimate of drug-likeness (QED) is 0.389. The maximum Gasteiger partial charge on any atom is 0.305 e. The van der Waals surface area contributed by atoms with Gasteiger partial charge in [-0.25, -0.2) is 4.68 Å². The summed E-state index contributed by atoms with van der Waals surface area (Å²) in [5.41, 5.74) is 4.27. The van der Waals surface area contributed by atoms with E-state index in [0.717, 1.165) is 22.6 Å². The van der Waals surface area contributed by atoms with Gasteiger partial charge < -0.3 is 15.2 Å². The Hall–Kier alpha value is -4.40. The topological polar surface area (TPSA) is 111 Å². The number of anilines is 1. The Morgan fingerprint density at radius 3 is 2.50 bits per heavy atom. The largest absolute Gasteiger partial charge is 0.481 e. The van der Waals surface area contributed by atoms with Crippen molar-refractivity contribution >= 4 is 17.6 Å². The molecular formula is C25H25N5O4. The summed E-state index contributed by atoms with van der Waals surface area (Å²) in [6.07, 6.45) is 1.34. The zero-order valence-electron chi connectivity index (χ0n) is 18.9. The molecule has 9 nitrogen and oxygen atoms in total. The van der Waals surface area contributed by atoms with Gasteiger partial charge in [-0.3, -0.25) is 14.3 Å². The zero-order chi connectivity index (χ0) is 24.1. The highest BCUT2D eigenvalue weighted by Crippen LogP contribution is 2.30. The molecule has 4 aromatic rings. The van der Waals surface area contributed by atoms with Gasteiger partial charge in [-0.1, -0.05) is 48.5 Å². The molecule has 34 heavy (non-hydrogen) atoms. The van der Waals surface area contributed by atoms with Crippen LogP contribution < -0.4 is 10.1 Å². The zero-order valence-corrected chi connectivity index (χ0v) is 18.9. The van der Waals surface area contributed by atoms with E-state index in [1.165, 1.54) is 10.9 Å². The Morgan fingerprint density at radius 1 is 1.00 bits per heavy atom. The standard InChI is InChI=1S/C25H25N5O4/c1-17-24(27-25(33)21-12-14-26-29(21)15-13-23(31)32)18(2)30(28-17)16-34-22-11-7-6-10-20(22)19-8-4-3-5-9-19/h3-12,14H,13,15-16H2,1-2H3,(H,27,33)(H,31,32). The van der Waals surface area contributed by atoms with Crippen LogP contribution in [0, 0.1) is 13.8 Å². The number of carbonyl (C=O) groups is 2. The summed E-state index contributed by atoms with van der Waals surface area (Å²) < 4.78 is 9.16. The summed E-state index contributed by atoms with van der Waals surface area (Å²) in [6, 6.07) is 19.3. The fourth-order valence-corrected chi connectivity index (χ4v) is 3.67. The van der Waals surface area contributed by atoms with Gasteiger partial charge in [0.2, 0.25) is 0 Å². The van der Waals surface area contributed by atoms with Gasteiger partial charge in [0.05, 0.1) is 30.0 Å². The van der Waals surface area contributed by atoms with Crippen LogP contribution in [0.1, 0.15) is 28.3 Å². The molecule has 4 rings (SSSR count). The lowest BCUT2D eigenvalue weighted by Gasteiger charge is -2.13. The van der Waals surface area contributed by atoms with Gasteiger partial charge >= 0.3 is 5.97 Å². The predicted octanol–water partition coefficient (Wildman–Crippen LogP) is 4.13. The van der Waals surface area contributed by atoms with Crippen molar-refractivity contribution in [2.75, 3.05) is 5.32 Å². The summed E-state index contributed by atoms with van der Waals surface area (Å²) >= 11 is 0. The lowest BCUT2D eigenvalue weighted by Crippen LogP contribution is -2.19. The molecule has 2 heterocycles. The van der Waals surface area contributed by atoms with E-state index in [2.05, 4.69) is 15.5 Å². The van der Waals surface area contributed by atoms with Crippen molar-refractivity contribution in [1.82, 2.24) is 19.6 Å². The number of carboxylic acid groups (broad SMARTS) is 1. The molecule has 2 N–H and O–H groups in total. The molecule has 2 aromatic carbocycles. The normalized spacial score (nSPS) is 10.8. The van der Waals surface area contributed by atoms with E-state index in [9.17, 15) is 9.59 Å². The number of hydrogen-bond acceptors (Lipinski definition) is 5. The molecule has 0 fully saturated rings. The minimum absolute atomic E-state index is 0.108. The molecule has 0 aliphatic heterocycles. The molecule has 0 radical (unpaired) electrons. The summed E-state index contributed by atoms with van der Waals surface area (Å²) in [6.45, 7) is 3.93. The van der Waals surface area contributed by atoms with Crippen LogP contribution in [0.4, 0.5) is 5.69 Å². The maximum atomic E-state index is 12.8. The first-order valence-corrected chi connectivity index (χ1v) is 10.8. The minimum Gasteiger partial charge on any atom is -0.481 e. The van der Waals surface area contributed by atoms with Crippen LogP contribution in [0.2, 0.25) is 0 Å². The summed E-state index contributed by atoms with van der Waals surface area (Å²) in [5.74, 6) is -0.609. The monoisotopic (exact) mass is 459 g/mol. The number of amides is 1. The molecular weight excluding hydrogens is 434 g/mol. The molecule has 0 bridgehead atoms. The highest BCUT2D eigenvalue weighted by molar-refractivity contribution is 6.03. The van der Waals surface area contributed by atoms with Crippen LogP contribution in [0.25, 0.3) is 11.1 Å². The van der Waals surface area contributed by atoms with Crippen molar-refractivity contribution in [3.05, 3.63) is 83.9 Å². The van der Waals surface area contributed by atoms with Crippen molar-refractivity contribution in [3.63, 3.8) is 0 Å². The Kier molecular flexibility index (Phi) is 6.72. The van der Waals surface area contributed by atoms with Crippen molar-refractivity contribution in [3.8, 4) is 16.9 Å². The van der Waals surface area contributed by atoms with Crippen LogP contribution in [0.3, 0.4) is 0 Å². The minimum atomic E-state index is -0.955. The Bertz CT molecular complexity index is 1310. The summed E-state index contributed by atoms with van der Waals surface area (Å²) in [7, 11) is 0. The van der Waals surface area contributed by atoms with Crippen LogP contribution >= 0.6 is 0 Å². The lowest BCUT2D eigenvalue weighted by atomic mass is 10.1. The second kappa shape index (κ2) is 10.0. The molecule has 9 heteroatoms. The van der Waals surface area contributed by atoms with Gasteiger partial charge in [0.1, 0.15) is 11.4 Å². The van der Waals surface area contributed by atoms with Gasteiger partial charge in [0.15, 0.2) is 6.73 Å². The van der Waals surface area contributed by atoms with E-state index in [-0.39, 0.29) is 31.3 Å². The number of aliphatic carboxylic acids is 1. The number of benzene rings is 2.